The van der Waals surface area contributed by atoms with Gasteiger partial charge < -0.3 is 9.84 Å². The Kier molecular flexibility index (Phi) is 4.01. The van der Waals surface area contributed by atoms with E-state index in [1.807, 2.05) is 24.3 Å². The third-order valence-corrected chi connectivity index (χ3v) is 2.64. The fourth-order valence-corrected chi connectivity index (χ4v) is 1.83. The molecule has 1 atom stereocenters. The summed E-state index contributed by atoms with van der Waals surface area (Å²) in [6.07, 6.45) is -0.310. The zero-order chi connectivity index (χ0) is 13.0. The molecule has 1 heterocycles. The van der Waals surface area contributed by atoms with Crippen molar-refractivity contribution in [2.75, 3.05) is 7.11 Å². The van der Waals surface area contributed by atoms with Gasteiger partial charge in [0, 0.05) is 13.5 Å². The molecule has 6 heteroatoms. The lowest BCUT2D eigenvalue weighted by Crippen LogP contribution is -2.07. The topological polar surface area (TPSA) is 73.1 Å². The van der Waals surface area contributed by atoms with Crippen LogP contribution in [0.3, 0.4) is 0 Å². The fourth-order valence-electron chi connectivity index (χ4n) is 1.83. The number of aromatic nitrogens is 4. The maximum atomic E-state index is 10.2. The Balaban J connectivity index is 2.15. The molecule has 0 saturated carbocycles. The number of nitrogens with zero attached hydrogens (tertiary/aromatic N) is 4. The molecule has 1 N–H and O–H groups in total. The molecule has 6 nitrogen and oxygen atoms in total. The van der Waals surface area contributed by atoms with Crippen LogP contribution in [0.2, 0.25) is 0 Å². The van der Waals surface area contributed by atoms with Crippen molar-refractivity contribution in [3.8, 4) is 0 Å². The van der Waals surface area contributed by atoms with Crippen molar-refractivity contribution in [2.24, 2.45) is 7.05 Å². The van der Waals surface area contributed by atoms with Crippen LogP contribution in [0.5, 0.6) is 0 Å². The summed E-state index contributed by atoms with van der Waals surface area (Å²) in [6.45, 7) is 0.473. The van der Waals surface area contributed by atoms with E-state index in [-0.39, 0.29) is 0 Å². The van der Waals surface area contributed by atoms with E-state index in [0.29, 0.717) is 18.9 Å². The quantitative estimate of drug-likeness (QED) is 0.840. The van der Waals surface area contributed by atoms with E-state index >= 15 is 0 Å². The van der Waals surface area contributed by atoms with E-state index in [1.54, 1.807) is 14.2 Å². The van der Waals surface area contributed by atoms with Crippen LogP contribution in [0.4, 0.5) is 0 Å². The van der Waals surface area contributed by atoms with Gasteiger partial charge in [-0.3, -0.25) is 0 Å². The summed E-state index contributed by atoms with van der Waals surface area (Å²) in [5, 5.41) is 21.9. The fraction of sp³-hybridized carbons (Fsp3) is 0.417. The molecular weight excluding hydrogens is 232 g/mol. The van der Waals surface area contributed by atoms with Crippen LogP contribution < -0.4 is 0 Å². The molecule has 0 aliphatic heterocycles. The molecule has 0 fully saturated rings. The summed E-state index contributed by atoms with van der Waals surface area (Å²) >= 11 is 0. The van der Waals surface area contributed by atoms with E-state index in [9.17, 15) is 5.11 Å². The average Bonchev–Trinajstić information content (AvgIpc) is 2.76. The second kappa shape index (κ2) is 5.70. The first-order valence-electron chi connectivity index (χ1n) is 5.68. The van der Waals surface area contributed by atoms with Crippen molar-refractivity contribution in [1.82, 2.24) is 20.2 Å². The minimum absolute atomic E-state index is 0.342. The molecule has 0 amide bonds. The SMILES string of the molecule is COCc1ccccc1C(O)Cc1nnn(C)n1. The van der Waals surface area contributed by atoms with Gasteiger partial charge in [-0.1, -0.05) is 24.3 Å². The Morgan fingerprint density at radius 2 is 2.17 bits per heavy atom. The van der Waals surface area contributed by atoms with Crippen molar-refractivity contribution in [2.45, 2.75) is 19.1 Å². The molecule has 1 aromatic carbocycles. The predicted octanol–water partition coefficient (Wildman–Crippen LogP) is 0.633. The van der Waals surface area contributed by atoms with Crippen LogP contribution in [0.15, 0.2) is 24.3 Å². The lowest BCUT2D eigenvalue weighted by atomic mass is 10.0. The van der Waals surface area contributed by atoms with Crippen molar-refractivity contribution in [3.05, 3.63) is 41.2 Å². The van der Waals surface area contributed by atoms with Crippen LogP contribution in [-0.2, 0) is 24.8 Å². The number of hydrogen-bond acceptors (Lipinski definition) is 5. The lowest BCUT2D eigenvalue weighted by molar-refractivity contribution is 0.160. The number of benzene rings is 1. The van der Waals surface area contributed by atoms with Gasteiger partial charge in [-0.05, 0) is 16.3 Å². The summed E-state index contributed by atoms with van der Waals surface area (Å²) in [7, 11) is 3.33. The average molecular weight is 248 g/mol. The highest BCUT2D eigenvalue weighted by molar-refractivity contribution is 5.29. The zero-order valence-corrected chi connectivity index (χ0v) is 10.4. The second-order valence-corrected chi connectivity index (χ2v) is 4.05. The minimum Gasteiger partial charge on any atom is -0.388 e. The molecule has 0 spiro atoms. The molecule has 0 saturated heterocycles. The molecular formula is C12H16N4O2. The monoisotopic (exact) mass is 248 g/mol. The van der Waals surface area contributed by atoms with E-state index < -0.39 is 6.10 Å². The number of rotatable bonds is 5. The number of hydrogen-bond donors (Lipinski definition) is 1. The molecule has 18 heavy (non-hydrogen) atoms. The van der Waals surface area contributed by atoms with E-state index in [4.69, 9.17) is 4.74 Å². The molecule has 1 aromatic heterocycles. The number of methoxy groups -OCH3 is 1. The first-order valence-corrected chi connectivity index (χ1v) is 5.68. The van der Waals surface area contributed by atoms with Gasteiger partial charge in [0.1, 0.15) is 0 Å². The van der Waals surface area contributed by atoms with Crippen molar-refractivity contribution < 1.29 is 9.84 Å². The van der Waals surface area contributed by atoms with Gasteiger partial charge >= 0.3 is 0 Å². The van der Waals surface area contributed by atoms with E-state index in [0.717, 1.165) is 11.1 Å². The molecule has 2 rings (SSSR count). The third kappa shape index (κ3) is 2.91. The molecule has 1 unspecified atom stereocenters. The molecule has 0 aliphatic carbocycles. The van der Waals surface area contributed by atoms with Crippen LogP contribution >= 0.6 is 0 Å². The van der Waals surface area contributed by atoms with Crippen molar-refractivity contribution >= 4 is 0 Å². The van der Waals surface area contributed by atoms with Crippen LogP contribution in [0.25, 0.3) is 0 Å². The normalized spacial score (nSPS) is 12.6. The summed E-state index contributed by atoms with van der Waals surface area (Å²) < 4.78 is 5.11. The van der Waals surface area contributed by atoms with E-state index in [1.165, 1.54) is 4.80 Å². The summed E-state index contributed by atoms with van der Waals surface area (Å²) in [4.78, 5) is 1.38. The van der Waals surface area contributed by atoms with E-state index in [2.05, 4.69) is 15.4 Å². The number of tetrazole rings is 1. The standard InChI is InChI=1S/C12H16N4O2/c1-16-14-12(13-15-16)7-11(17)10-6-4-3-5-9(10)8-18-2/h3-6,11,17H,7-8H2,1-2H3. The Morgan fingerprint density at radius 1 is 1.39 bits per heavy atom. The van der Waals surface area contributed by atoms with Crippen molar-refractivity contribution in [1.29, 1.82) is 0 Å². The Hall–Kier alpha value is -1.79. The van der Waals surface area contributed by atoms with Crippen LogP contribution in [0, 0.1) is 0 Å². The van der Waals surface area contributed by atoms with Crippen LogP contribution in [-0.4, -0.2) is 32.4 Å². The largest absolute Gasteiger partial charge is 0.388 e. The second-order valence-electron chi connectivity index (χ2n) is 4.05. The van der Waals surface area contributed by atoms with Gasteiger partial charge in [0.15, 0.2) is 5.82 Å². The number of aryl methyl sites for hydroxylation is 1. The molecule has 0 bridgehead atoms. The number of ether oxygens (including phenoxy) is 1. The smallest absolute Gasteiger partial charge is 0.177 e. The van der Waals surface area contributed by atoms with Gasteiger partial charge in [-0.25, -0.2) is 0 Å². The molecule has 0 aliphatic rings. The zero-order valence-electron chi connectivity index (χ0n) is 10.4. The minimum atomic E-state index is -0.652. The highest BCUT2D eigenvalue weighted by Gasteiger charge is 2.15. The molecule has 96 valence electrons. The summed E-state index contributed by atoms with van der Waals surface area (Å²) in [5.74, 6) is 0.525. The molecule has 0 radical (unpaired) electrons. The Labute approximate surface area is 105 Å². The van der Waals surface area contributed by atoms with Gasteiger partial charge in [-0.15, -0.1) is 10.2 Å². The van der Waals surface area contributed by atoms with Gasteiger partial charge in [-0.2, -0.15) is 4.80 Å². The summed E-state index contributed by atoms with van der Waals surface area (Å²) in [6, 6.07) is 7.63. The molecule has 2 aromatic rings. The van der Waals surface area contributed by atoms with Gasteiger partial charge in [0.05, 0.1) is 19.8 Å². The summed E-state index contributed by atoms with van der Waals surface area (Å²) in [5.41, 5.74) is 1.81. The van der Waals surface area contributed by atoms with Crippen molar-refractivity contribution in [3.63, 3.8) is 0 Å². The maximum Gasteiger partial charge on any atom is 0.177 e. The van der Waals surface area contributed by atoms with Crippen LogP contribution in [0.1, 0.15) is 23.1 Å². The highest BCUT2D eigenvalue weighted by Crippen LogP contribution is 2.21. The first-order chi connectivity index (χ1) is 8.70. The highest BCUT2D eigenvalue weighted by atomic mass is 16.5. The third-order valence-electron chi connectivity index (χ3n) is 2.64. The van der Waals surface area contributed by atoms with Gasteiger partial charge in [0.25, 0.3) is 0 Å². The number of aliphatic hydroxyl groups is 1. The Morgan fingerprint density at radius 3 is 2.83 bits per heavy atom. The predicted molar refractivity (Wildman–Crippen MR) is 64.6 cm³/mol. The first kappa shape index (κ1) is 12.7. The van der Waals surface area contributed by atoms with Gasteiger partial charge in [0.2, 0.25) is 0 Å². The maximum absolute atomic E-state index is 10.2. The number of aliphatic hydroxyl groups excluding tert-OH is 1. The Bertz CT molecular complexity index is 512. The lowest BCUT2D eigenvalue weighted by Gasteiger charge is -2.13.